The first-order valence-electron chi connectivity index (χ1n) is 36.7. The maximum atomic E-state index is 13.6. The molecule has 3 atom stereocenters. The van der Waals surface area contributed by atoms with Gasteiger partial charge < -0.3 is 28.5 Å². The van der Waals surface area contributed by atoms with Gasteiger partial charge in [0, 0.05) is 12.8 Å². The smallest absolute Gasteiger partial charge is 0.306 e. The van der Waals surface area contributed by atoms with Gasteiger partial charge >= 0.3 is 5.97 Å². The summed E-state index contributed by atoms with van der Waals surface area (Å²) in [5.74, 6) is -0.534. The molecule has 9 nitrogen and oxygen atoms in total. The van der Waals surface area contributed by atoms with Gasteiger partial charge in [-0.3, -0.25) is 14.2 Å². The summed E-state index contributed by atoms with van der Waals surface area (Å²) in [5.41, 5.74) is 0. The van der Waals surface area contributed by atoms with Gasteiger partial charge in [-0.1, -0.05) is 306 Å². The van der Waals surface area contributed by atoms with Crippen molar-refractivity contribution in [2.45, 2.75) is 360 Å². The quantitative estimate of drug-likeness (QED) is 0.0212. The number of carbonyl (C=O) groups is 2. The second kappa shape index (κ2) is 65.4. The molecule has 10 heteroatoms. The molecule has 0 aliphatic carbocycles. The lowest BCUT2D eigenvalue weighted by Crippen LogP contribution is -2.47. The summed E-state index contributed by atoms with van der Waals surface area (Å²) in [6.07, 6.45) is 86.0. The molecule has 0 fully saturated rings. The third kappa shape index (κ3) is 65.9. The van der Waals surface area contributed by atoms with Crippen LogP contribution in [0.1, 0.15) is 348 Å². The van der Waals surface area contributed by atoms with Crippen molar-refractivity contribution >= 4 is 19.7 Å². The molecule has 0 saturated carbocycles. The van der Waals surface area contributed by atoms with Gasteiger partial charge in [-0.05, 0) is 102 Å². The van der Waals surface area contributed by atoms with Crippen molar-refractivity contribution in [1.82, 2.24) is 5.32 Å². The van der Waals surface area contributed by atoms with Crippen LogP contribution in [-0.2, 0) is 27.9 Å². The van der Waals surface area contributed by atoms with Gasteiger partial charge in [0.1, 0.15) is 19.3 Å². The molecule has 0 aromatic rings. The van der Waals surface area contributed by atoms with Gasteiger partial charge in [0.15, 0.2) is 0 Å². The van der Waals surface area contributed by atoms with E-state index in [4.69, 9.17) is 13.8 Å². The first-order chi connectivity index (χ1) is 41.9. The van der Waals surface area contributed by atoms with Crippen molar-refractivity contribution in [3.05, 3.63) is 72.9 Å². The van der Waals surface area contributed by atoms with E-state index in [1.54, 1.807) is 0 Å². The van der Waals surface area contributed by atoms with Crippen LogP contribution in [-0.4, -0.2) is 69.4 Å². The van der Waals surface area contributed by atoms with Gasteiger partial charge in [-0.2, -0.15) is 0 Å². The number of carbonyl (C=O) groups excluding carboxylic acids is 2. The van der Waals surface area contributed by atoms with Gasteiger partial charge in [-0.15, -0.1) is 0 Å². The minimum Gasteiger partial charge on any atom is -0.756 e. The minimum absolute atomic E-state index is 0.0236. The van der Waals surface area contributed by atoms with E-state index in [1.807, 2.05) is 33.3 Å². The van der Waals surface area contributed by atoms with Gasteiger partial charge in [0.25, 0.3) is 7.82 Å². The monoisotopic (exact) mass is 1230 g/mol. The molecular weight excluding hydrogens is 1080 g/mol. The van der Waals surface area contributed by atoms with Crippen molar-refractivity contribution in [1.29, 1.82) is 0 Å². The lowest BCUT2D eigenvalue weighted by molar-refractivity contribution is -0.870. The Morgan fingerprint density at radius 1 is 0.407 bits per heavy atom. The average molecular weight is 1230 g/mol. The fraction of sp³-hybridized carbons (Fsp3) is 0.816. The van der Waals surface area contributed by atoms with Crippen LogP contribution in [0.4, 0.5) is 0 Å². The molecular formula is C76H141N2O7P. The second-order valence-corrected chi connectivity index (χ2v) is 27.5. The number of nitrogens with one attached hydrogen (secondary N) is 1. The van der Waals surface area contributed by atoms with E-state index >= 15 is 0 Å². The fourth-order valence-electron chi connectivity index (χ4n) is 10.7. The number of hydrogen-bond acceptors (Lipinski definition) is 7. The Morgan fingerprint density at radius 3 is 1.08 bits per heavy atom. The van der Waals surface area contributed by atoms with E-state index < -0.39 is 20.0 Å². The van der Waals surface area contributed by atoms with Crippen LogP contribution in [0.2, 0.25) is 0 Å². The van der Waals surface area contributed by atoms with Crippen LogP contribution in [0.25, 0.3) is 0 Å². The number of quaternary nitrogens is 1. The Morgan fingerprint density at radius 2 is 0.709 bits per heavy atom. The summed E-state index contributed by atoms with van der Waals surface area (Å²) in [6, 6.07) is -0.893. The Kier molecular flexibility index (Phi) is 63.5. The lowest BCUT2D eigenvalue weighted by Gasteiger charge is -2.30. The maximum absolute atomic E-state index is 13.6. The molecule has 0 radical (unpaired) electrons. The highest BCUT2D eigenvalue weighted by Crippen LogP contribution is 2.38. The third-order valence-corrected chi connectivity index (χ3v) is 17.3. The number of hydrogen-bond donors (Lipinski definition) is 1. The van der Waals surface area contributed by atoms with Crippen LogP contribution in [0.5, 0.6) is 0 Å². The Bertz CT molecular complexity index is 1700. The predicted molar refractivity (Wildman–Crippen MR) is 372 cm³/mol. The topological polar surface area (TPSA) is 114 Å². The molecule has 0 aliphatic heterocycles. The highest BCUT2D eigenvalue weighted by atomic mass is 31.2. The van der Waals surface area contributed by atoms with E-state index in [-0.39, 0.29) is 31.5 Å². The van der Waals surface area contributed by atoms with Crippen LogP contribution in [0.15, 0.2) is 72.9 Å². The lowest BCUT2D eigenvalue weighted by atomic mass is 10.0. The molecule has 0 aromatic heterocycles. The highest BCUT2D eigenvalue weighted by molar-refractivity contribution is 7.45. The molecule has 1 amide bonds. The van der Waals surface area contributed by atoms with Crippen LogP contribution in [0, 0.1) is 0 Å². The van der Waals surface area contributed by atoms with Crippen molar-refractivity contribution in [2.75, 3.05) is 40.9 Å². The van der Waals surface area contributed by atoms with E-state index in [2.05, 4.69) is 86.8 Å². The number of rotatable bonds is 67. The molecule has 86 heavy (non-hydrogen) atoms. The van der Waals surface area contributed by atoms with Gasteiger partial charge in [0.05, 0.1) is 33.8 Å². The van der Waals surface area contributed by atoms with Crippen molar-refractivity contribution in [3.8, 4) is 0 Å². The number of phosphoric ester groups is 1. The van der Waals surface area contributed by atoms with Crippen LogP contribution < -0.4 is 10.2 Å². The first-order valence-corrected chi connectivity index (χ1v) is 38.2. The number of amides is 1. The molecule has 0 aliphatic rings. The third-order valence-electron chi connectivity index (χ3n) is 16.4. The molecule has 0 aromatic carbocycles. The molecule has 1 N–H and O–H groups in total. The number of allylic oxidation sites excluding steroid dienone is 11. The van der Waals surface area contributed by atoms with E-state index in [9.17, 15) is 19.0 Å². The number of unbranched alkanes of at least 4 members (excludes halogenated alkanes) is 41. The molecule has 502 valence electrons. The zero-order chi connectivity index (χ0) is 62.8. The molecule has 0 bridgehead atoms. The zero-order valence-corrected chi connectivity index (χ0v) is 58.4. The van der Waals surface area contributed by atoms with E-state index in [0.717, 1.165) is 77.0 Å². The van der Waals surface area contributed by atoms with Crippen molar-refractivity contribution < 1.29 is 37.3 Å². The predicted octanol–water partition coefficient (Wildman–Crippen LogP) is 22.9. The summed E-state index contributed by atoms with van der Waals surface area (Å²) < 4.78 is 30.5. The number of ether oxygens (including phenoxy) is 1. The van der Waals surface area contributed by atoms with Gasteiger partial charge in [-0.25, -0.2) is 0 Å². The number of likely N-dealkylation sites (N-methyl/N-ethyl adjacent to an activating group) is 1. The molecule has 0 heterocycles. The SMILES string of the molecule is CCCCC/C=C\C/C=C\C/C=C\CCCCCCCCCCCCC(=O)OC(/C=C/CCCCCCCCCCCC)C(COP(=O)([O-])OCC[N+](C)(C)C)NC(=O)CCCCCCCCCCCCCCCCC/C=C\C/C=C\CCCCC. The second-order valence-electron chi connectivity index (χ2n) is 26.1. The summed E-state index contributed by atoms with van der Waals surface area (Å²) in [4.78, 5) is 40.2. The van der Waals surface area contributed by atoms with E-state index in [0.29, 0.717) is 17.4 Å². The molecule has 0 spiro atoms. The van der Waals surface area contributed by atoms with Crippen molar-refractivity contribution in [3.63, 3.8) is 0 Å². The Labute approximate surface area is 533 Å². The van der Waals surface area contributed by atoms with Crippen LogP contribution in [0.3, 0.4) is 0 Å². The largest absolute Gasteiger partial charge is 0.756 e. The molecule has 0 rings (SSSR count). The van der Waals surface area contributed by atoms with Gasteiger partial charge in [0.2, 0.25) is 5.91 Å². The zero-order valence-electron chi connectivity index (χ0n) is 57.5. The molecule has 3 unspecified atom stereocenters. The number of esters is 1. The summed E-state index contributed by atoms with van der Waals surface area (Å²) in [5, 5.41) is 3.05. The summed E-state index contributed by atoms with van der Waals surface area (Å²) in [6.45, 7) is 6.83. The van der Waals surface area contributed by atoms with Crippen LogP contribution >= 0.6 is 7.82 Å². The summed E-state index contributed by atoms with van der Waals surface area (Å²) >= 11 is 0. The van der Waals surface area contributed by atoms with Crippen molar-refractivity contribution in [2.24, 2.45) is 0 Å². The maximum Gasteiger partial charge on any atom is 0.306 e. The highest BCUT2D eigenvalue weighted by Gasteiger charge is 2.27. The average Bonchev–Trinajstić information content (AvgIpc) is 3.69. The standard InChI is InChI=1S/C76H141N2O7P/c1-7-10-13-16-19-22-25-28-30-32-34-36-38-39-41-42-44-46-48-50-53-56-59-62-65-68-75(79)77-73(72-84-86(81,82)83-71-70-78(4,5)6)74(67-64-61-58-55-52-27-24-21-18-15-12-9-3)85-76(80)69-66-63-60-57-54-51-49-47-45-43-40-37-35-33-31-29-26-23-20-17-14-11-8-2/h19-20,22-23,28-31,35,37,64,67,73-74H,7-18,21,24-27,32-34,36,38-63,65-66,68-72H2,1-6H3,(H-,77,79,81,82)/b22-19-,23-20-,30-28-,31-29-,37-35-,67-64+. The summed E-state index contributed by atoms with van der Waals surface area (Å²) in [7, 11) is 1.19. The first kappa shape index (κ1) is 83.5. The Balaban J connectivity index is 5.02. The normalized spacial score (nSPS) is 13.9. The minimum atomic E-state index is -4.71. The molecule has 0 saturated heterocycles. The number of nitrogens with zero attached hydrogens (tertiary/aromatic N) is 1. The fourth-order valence-corrected chi connectivity index (χ4v) is 11.4. The Hall–Kier alpha value is -2.55. The number of phosphoric acid groups is 1. The van der Waals surface area contributed by atoms with E-state index in [1.165, 1.54) is 238 Å².